The Morgan fingerprint density at radius 1 is 0.756 bits per heavy atom. The molecule has 4 rings (SSSR count). The van der Waals surface area contributed by atoms with Crippen molar-refractivity contribution in [1.82, 2.24) is 4.98 Å². The SMILES string of the molecule is CC(C)(C)OC(=O)Nc1ccc(-c2ccc(F)cc2)cc1NC(=O)c1ccc(S(=O)(=NC(=O)C(C)(C)C)c2ccncc2)cc1. The summed E-state index contributed by atoms with van der Waals surface area (Å²) in [5.41, 5.74) is 0.513. The number of hydrogen-bond donors (Lipinski definition) is 2. The molecule has 4 aromatic rings. The number of aromatic nitrogens is 1. The normalized spacial score (nSPS) is 12.9. The minimum absolute atomic E-state index is 0.216. The molecule has 11 heteroatoms. The number of benzene rings is 3. The van der Waals surface area contributed by atoms with Gasteiger partial charge in [0.2, 0.25) is 0 Å². The average molecular weight is 631 g/mol. The average Bonchev–Trinajstić information content (AvgIpc) is 2.97. The molecule has 1 aromatic heterocycles. The van der Waals surface area contributed by atoms with E-state index in [-0.39, 0.29) is 27.7 Å². The molecule has 1 unspecified atom stereocenters. The van der Waals surface area contributed by atoms with Gasteiger partial charge >= 0.3 is 6.09 Å². The highest BCUT2D eigenvalue weighted by molar-refractivity contribution is 7.94. The number of amides is 3. The number of ether oxygens (including phenoxy) is 1. The molecule has 9 nitrogen and oxygen atoms in total. The van der Waals surface area contributed by atoms with Crippen molar-refractivity contribution in [3.05, 3.63) is 103 Å². The standard InChI is InChI=1S/C34H35FN4O5S/c1-33(2,3)31(41)39-45(43,27-17-19-36-20-18-27)26-14-9-23(10-15-26)30(40)37-29-21-24(22-7-12-25(35)13-8-22)11-16-28(29)38-32(42)44-34(4,5)6/h7-21H,1-6H3,(H,37,40)(H,38,42). The molecule has 234 valence electrons. The second-order valence-electron chi connectivity index (χ2n) is 12.2. The van der Waals surface area contributed by atoms with Crippen LogP contribution in [0.25, 0.3) is 11.1 Å². The van der Waals surface area contributed by atoms with E-state index < -0.39 is 38.7 Å². The second kappa shape index (κ2) is 13.0. The molecule has 3 aromatic carbocycles. The van der Waals surface area contributed by atoms with E-state index in [0.29, 0.717) is 16.0 Å². The van der Waals surface area contributed by atoms with E-state index in [1.807, 2.05) is 0 Å². The van der Waals surface area contributed by atoms with Crippen molar-refractivity contribution >= 4 is 39.0 Å². The van der Waals surface area contributed by atoms with Crippen LogP contribution < -0.4 is 10.6 Å². The van der Waals surface area contributed by atoms with Crippen LogP contribution in [0.15, 0.2) is 105 Å². The molecule has 0 radical (unpaired) electrons. The van der Waals surface area contributed by atoms with Gasteiger partial charge in [0.05, 0.1) is 21.2 Å². The van der Waals surface area contributed by atoms with E-state index in [1.165, 1.54) is 60.9 Å². The first kappa shape index (κ1) is 33.0. The second-order valence-corrected chi connectivity index (χ2v) is 14.4. The molecule has 0 spiro atoms. The van der Waals surface area contributed by atoms with Gasteiger partial charge in [-0.15, -0.1) is 0 Å². The third-order valence-electron chi connectivity index (χ3n) is 6.34. The third kappa shape index (κ3) is 8.39. The van der Waals surface area contributed by atoms with Gasteiger partial charge in [0.25, 0.3) is 11.8 Å². The predicted octanol–water partition coefficient (Wildman–Crippen LogP) is 7.95. The zero-order valence-corrected chi connectivity index (χ0v) is 26.7. The van der Waals surface area contributed by atoms with Crippen molar-refractivity contribution in [2.45, 2.75) is 56.9 Å². The number of nitrogens with zero attached hydrogens (tertiary/aromatic N) is 2. The summed E-state index contributed by atoms with van der Waals surface area (Å²) in [5.74, 6) is -1.44. The molecule has 1 heterocycles. The molecule has 0 bridgehead atoms. The molecule has 2 N–H and O–H groups in total. The van der Waals surface area contributed by atoms with E-state index in [4.69, 9.17) is 4.74 Å². The first-order chi connectivity index (χ1) is 21.0. The smallest absolute Gasteiger partial charge is 0.412 e. The largest absolute Gasteiger partial charge is 0.444 e. The van der Waals surface area contributed by atoms with E-state index in [9.17, 15) is 23.0 Å². The van der Waals surface area contributed by atoms with Crippen molar-refractivity contribution in [1.29, 1.82) is 0 Å². The van der Waals surface area contributed by atoms with Gasteiger partial charge in [0, 0.05) is 23.4 Å². The lowest BCUT2D eigenvalue weighted by molar-refractivity contribution is -0.124. The van der Waals surface area contributed by atoms with Crippen LogP contribution >= 0.6 is 0 Å². The Kier molecular flexibility index (Phi) is 9.53. The minimum Gasteiger partial charge on any atom is -0.444 e. The van der Waals surface area contributed by atoms with Crippen LogP contribution in [0, 0.1) is 11.2 Å². The summed E-state index contributed by atoms with van der Waals surface area (Å²) in [6.45, 7) is 10.3. The Balaban J connectivity index is 1.69. The zero-order chi connectivity index (χ0) is 33.0. The molecule has 1 atom stereocenters. The van der Waals surface area contributed by atoms with Crippen LogP contribution in [0.3, 0.4) is 0 Å². The topological polar surface area (TPSA) is 127 Å². The number of rotatable bonds is 6. The Labute approximate surface area is 262 Å². The molecule has 0 saturated carbocycles. The number of carbonyl (C=O) groups excluding carboxylic acids is 3. The van der Waals surface area contributed by atoms with Crippen LogP contribution in [-0.2, 0) is 19.3 Å². The lowest BCUT2D eigenvalue weighted by Crippen LogP contribution is -2.27. The van der Waals surface area contributed by atoms with E-state index in [2.05, 4.69) is 20.0 Å². The Hall–Kier alpha value is -4.90. The van der Waals surface area contributed by atoms with E-state index in [0.717, 1.165) is 0 Å². The maximum absolute atomic E-state index is 14.3. The summed E-state index contributed by atoms with van der Waals surface area (Å²) in [4.78, 5) is 43.4. The van der Waals surface area contributed by atoms with Gasteiger partial charge in [-0.05, 0) is 92.6 Å². The van der Waals surface area contributed by atoms with E-state index in [1.54, 1.807) is 71.9 Å². The van der Waals surface area contributed by atoms with Crippen LogP contribution in [0.5, 0.6) is 0 Å². The number of hydrogen-bond acceptors (Lipinski definition) is 6. The van der Waals surface area contributed by atoms with E-state index >= 15 is 0 Å². The fraction of sp³-hybridized carbons (Fsp3) is 0.235. The van der Waals surface area contributed by atoms with Gasteiger partial charge in [-0.3, -0.25) is 19.9 Å². The van der Waals surface area contributed by atoms with Crippen LogP contribution in [0.2, 0.25) is 0 Å². The van der Waals surface area contributed by atoms with Gasteiger partial charge in [0.15, 0.2) is 0 Å². The summed E-state index contributed by atoms with van der Waals surface area (Å²) in [6.07, 6.45) is 2.23. The number of pyridine rings is 1. The Morgan fingerprint density at radius 2 is 1.33 bits per heavy atom. The summed E-state index contributed by atoms with van der Waals surface area (Å²) in [5, 5.41) is 5.48. The van der Waals surface area contributed by atoms with Crippen molar-refractivity contribution < 1.29 is 27.7 Å². The van der Waals surface area contributed by atoms with Gasteiger partial charge < -0.3 is 10.1 Å². The monoisotopic (exact) mass is 630 g/mol. The molecule has 45 heavy (non-hydrogen) atoms. The molecule has 0 aliphatic rings. The van der Waals surface area contributed by atoms with Gasteiger partial charge in [-0.1, -0.05) is 39.0 Å². The molecule has 0 fully saturated rings. The maximum Gasteiger partial charge on any atom is 0.412 e. The highest BCUT2D eigenvalue weighted by Gasteiger charge is 2.26. The predicted molar refractivity (Wildman–Crippen MR) is 172 cm³/mol. The number of nitrogens with one attached hydrogen (secondary N) is 2. The van der Waals surface area contributed by atoms with Crippen molar-refractivity contribution in [3.63, 3.8) is 0 Å². The van der Waals surface area contributed by atoms with Gasteiger partial charge in [0.1, 0.15) is 21.1 Å². The molecule has 0 aliphatic heterocycles. The van der Waals surface area contributed by atoms with Gasteiger partial charge in [-0.25, -0.2) is 13.4 Å². The molecule has 0 aliphatic carbocycles. The zero-order valence-electron chi connectivity index (χ0n) is 25.9. The van der Waals surface area contributed by atoms with Gasteiger partial charge in [-0.2, -0.15) is 4.36 Å². The summed E-state index contributed by atoms with van der Waals surface area (Å²) in [7, 11) is -3.39. The molecular weight excluding hydrogens is 595 g/mol. The minimum atomic E-state index is -3.39. The lowest BCUT2D eigenvalue weighted by Gasteiger charge is -2.21. The highest BCUT2D eigenvalue weighted by atomic mass is 32.2. The quantitative estimate of drug-likeness (QED) is 0.223. The summed E-state index contributed by atoms with van der Waals surface area (Å²) < 4.78 is 37.3. The lowest BCUT2D eigenvalue weighted by atomic mass is 9.96. The highest BCUT2D eigenvalue weighted by Crippen LogP contribution is 2.31. The first-order valence-electron chi connectivity index (χ1n) is 14.1. The molecular formula is C34H35FN4O5S. The number of anilines is 2. The van der Waals surface area contributed by atoms with Crippen molar-refractivity contribution in [3.8, 4) is 11.1 Å². The van der Waals surface area contributed by atoms with Crippen molar-refractivity contribution in [2.24, 2.45) is 9.78 Å². The van der Waals surface area contributed by atoms with Crippen molar-refractivity contribution in [2.75, 3.05) is 10.6 Å². The molecule has 3 amide bonds. The fourth-order valence-electron chi connectivity index (χ4n) is 4.00. The van der Waals surface area contributed by atoms with Crippen LogP contribution in [0.1, 0.15) is 51.9 Å². The molecule has 0 saturated heterocycles. The summed E-state index contributed by atoms with van der Waals surface area (Å²) >= 11 is 0. The maximum atomic E-state index is 14.3. The Bertz CT molecular complexity index is 1840. The summed E-state index contributed by atoms with van der Waals surface area (Å²) in [6, 6.07) is 19.9. The first-order valence-corrected chi connectivity index (χ1v) is 15.6. The van der Waals surface area contributed by atoms with Crippen LogP contribution in [-0.4, -0.2) is 32.7 Å². The van der Waals surface area contributed by atoms with Crippen LogP contribution in [0.4, 0.5) is 20.6 Å². The fourth-order valence-corrected chi connectivity index (χ4v) is 5.98. The third-order valence-corrected chi connectivity index (χ3v) is 8.58. The Morgan fingerprint density at radius 3 is 1.91 bits per heavy atom. The number of carbonyl (C=O) groups is 3. The number of halogens is 1.